The molecule has 1 aromatic heterocycles. The molecule has 0 unspecified atom stereocenters. The van der Waals surface area contributed by atoms with Gasteiger partial charge >= 0.3 is 0 Å². The molecule has 116 valence electrons. The molecule has 4 nitrogen and oxygen atoms in total. The van der Waals surface area contributed by atoms with Gasteiger partial charge in [0.25, 0.3) is 0 Å². The smallest absolute Gasteiger partial charge is 0.141 e. The van der Waals surface area contributed by atoms with Crippen LogP contribution in [0.5, 0.6) is 0 Å². The normalized spacial score (nSPS) is 10.4. The molecule has 2 aromatic carbocycles. The number of hydrogen-bond acceptors (Lipinski definition) is 4. The largest absolute Gasteiger partial charge is 0.340 e. The predicted molar refractivity (Wildman–Crippen MR) is 91.5 cm³/mol. The molecule has 2 N–H and O–H groups in total. The highest BCUT2D eigenvalue weighted by Crippen LogP contribution is 2.23. The zero-order valence-corrected chi connectivity index (χ0v) is 13.2. The van der Waals surface area contributed by atoms with Crippen LogP contribution < -0.4 is 10.6 Å². The molecule has 1 heterocycles. The lowest BCUT2D eigenvalue weighted by atomic mass is 10.3. The first-order chi connectivity index (χ1) is 11.1. The van der Waals surface area contributed by atoms with Gasteiger partial charge in [-0.15, -0.1) is 0 Å². The van der Waals surface area contributed by atoms with Crippen LogP contribution in [0.4, 0.5) is 27.4 Å². The van der Waals surface area contributed by atoms with Crippen molar-refractivity contribution in [1.29, 1.82) is 0 Å². The molecule has 0 amide bonds. The Morgan fingerprint density at radius 2 is 1.39 bits per heavy atom. The van der Waals surface area contributed by atoms with Crippen LogP contribution in [-0.2, 0) is 0 Å². The van der Waals surface area contributed by atoms with Gasteiger partial charge in [-0.1, -0.05) is 23.2 Å². The van der Waals surface area contributed by atoms with E-state index >= 15 is 0 Å². The zero-order chi connectivity index (χ0) is 16.2. The molecule has 23 heavy (non-hydrogen) atoms. The molecule has 0 aliphatic heterocycles. The van der Waals surface area contributed by atoms with Gasteiger partial charge < -0.3 is 10.6 Å². The highest BCUT2D eigenvalue weighted by molar-refractivity contribution is 6.31. The predicted octanol–water partition coefficient (Wildman–Crippen LogP) is 5.41. The van der Waals surface area contributed by atoms with Crippen LogP contribution in [0.25, 0.3) is 0 Å². The molecule has 0 saturated heterocycles. The van der Waals surface area contributed by atoms with E-state index in [2.05, 4.69) is 20.6 Å². The molecule has 3 rings (SSSR count). The van der Waals surface area contributed by atoms with Gasteiger partial charge in [-0.3, -0.25) is 0 Å². The highest BCUT2D eigenvalue weighted by Gasteiger charge is 2.04. The Bertz CT molecular complexity index is 825. The fourth-order valence-electron chi connectivity index (χ4n) is 1.90. The van der Waals surface area contributed by atoms with Gasteiger partial charge in [0.2, 0.25) is 0 Å². The number of aromatic nitrogens is 2. The summed E-state index contributed by atoms with van der Waals surface area (Å²) in [7, 11) is 0. The summed E-state index contributed by atoms with van der Waals surface area (Å²) in [6.45, 7) is 0. The lowest BCUT2D eigenvalue weighted by molar-refractivity contribution is 0.628. The minimum Gasteiger partial charge on any atom is -0.340 e. The number of nitrogens with one attached hydrogen (secondary N) is 2. The van der Waals surface area contributed by atoms with E-state index in [-0.39, 0.29) is 5.02 Å². The second kappa shape index (κ2) is 6.81. The Labute approximate surface area is 142 Å². The minimum atomic E-state index is -0.468. The summed E-state index contributed by atoms with van der Waals surface area (Å²) in [6, 6.07) is 13.3. The van der Waals surface area contributed by atoms with Crippen molar-refractivity contribution in [2.45, 2.75) is 0 Å². The first-order valence-electron chi connectivity index (χ1n) is 6.67. The molecular formula is C16H11Cl2FN4. The SMILES string of the molecule is Fc1ccc(Nc2cc(Nc3ccc(Cl)cc3)ncn2)cc1Cl. The molecule has 0 bridgehead atoms. The van der Waals surface area contributed by atoms with Gasteiger partial charge in [0.15, 0.2) is 0 Å². The number of nitrogens with zero attached hydrogens (tertiary/aromatic N) is 2. The molecule has 0 radical (unpaired) electrons. The second-order valence-corrected chi connectivity index (χ2v) is 5.52. The van der Waals surface area contributed by atoms with Crippen LogP contribution in [0.3, 0.4) is 0 Å². The van der Waals surface area contributed by atoms with E-state index in [1.165, 1.54) is 18.5 Å². The maximum Gasteiger partial charge on any atom is 0.141 e. The Hall–Kier alpha value is -2.37. The van der Waals surface area contributed by atoms with Gasteiger partial charge in [-0.05, 0) is 42.5 Å². The van der Waals surface area contributed by atoms with Crippen LogP contribution in [0.1, 0.15) is 0 Å². The fraction of sp³-hybridized carbons (Fsp3) is 0. The third-order valence-corrected chi connectivity index (χ3v) is 3.52. The number of hydrogen-bond donors (Lipinski definition) is 2. The monoisotopic (exact) mass is 348 g/mol. The van der Waals surface area contributed by atoms with Crippen molar-refractivity contribution in [2.75, 3.05) is 10.6 Å². The number of rotatable bonds is 4. The summed E-state index contributed by atoms with van der Waals surface area (Å²) in [4.78, 5) is 8.27. The van der Waals surface area contributed by atoms with Crippen LogP contribution >= 0.6 is 23.2 Å². The van der Waals surface area contributed by atoms with E-state index in [0.29, 0.717) is 22.3 Å². The summed E-state index contributed by atoms with van der Waals surface area (Å²) < 4.78 is 13.2. The lowest BCUT2D eigenvalue weighted by Gasteiger charge is -2.09. The van der Waals surface area contributed by atoms with Crippen molar-refractivity contribution in [3.05, 3.63) is 70.7 Å². The number of anilines is 4. The Morgan fingerprint density at radius 3 is 2.04 bits per heavy atom. The van der Waals surface area contributed by atoms with E-state index in [0.717, 1.165) is 5.69 Å². The van der Waals surface area contributed by atoms with Crippen molar-refractivity contribution < 1.29 is 4.39 Å². The summed E-state index contributed by atoms with van der Waals surface area (Å²) in [5, 5.41) is 6.89. The molecular weight excluding hydrogens is 338 g/mol. The molecule has 0 spiro atoms. The number of halogens is 3. The molecule has 0 aliphatic rings. The average molecular weight is 349 g/mol. The van der Waals surface area contributed by atoms with Gasteiger partial charge in [0.1, 0.15) is 23.8 Å². The first-order valence-corrected chi connectivity index (χ1v) is 7.42. The Kier molecular flexibility index (Phi) is 4.60. The van der Waals surface area contributed by atoms with Crippen LogP contribution in [-0.4, -0.2) is 9.97 Å². The lowest BCUT2D eigenvalue weighted by Crippen LogP contribution is -1.98. The van der Waals surface area contributed by atoms with E-state index < -0.39 is 5.82 Å². The van der Waals surface area contributed by atoms with Gasteiger partial charge in [-0.25, -0.2) is 14.4 Å². The van der Waals surface area contributed by atoms with Gasteiger partial charge in [-0.2, -0.15) is 0 Å². The van der Waals surface area contributed by atoms with Crippen molar-refractivity contribution in [3.63, 3.8) is 0 Å². The van der Waals surface area contributed by atoms with Crippen LogP contribution in [0, 0.1) is 5.82 Å². The molecule has 3 aromatic rings. The summed E-state index contributed by atoms with van der Waals surface area (Å²) in [6.07, 6.45) is 1.42. The Morgan fingerprint density at radius 1 is 0.783 bits per heavy atom. The standard InChI is InChI=1S/C16H11Cl2FN4/c17-10-1-3-11(4-2-10)22-15-8-16(21-9-20-15)23-12-5-6-14(19)13(18)7-12/h1-9H,(H2,20,21,22,23). The quantitative estimate of drug-likeness (QED) is 0.661. The molecule has 7 heteroatoms. The van der Waals surface area contributed by atoms with Crippen LogP contribution in [0.2, 0.25) is 10.0 Å². The maximum absolute atomic E-state index is 13.2. The minimum absolute atomic E-state index is 0.0450. The third-order valence-electron chi connectivity index (χ3n) is 2.98. The van der Waals surface area contributed by atoms with E-state index in [4.69, 9.17) is 23.2 Å². The maximum atomic E-state index is 13.2. The third kappa shape index (κ3) is 4.09. The average Bonchev–Trinajstić information content (AvgIpc) is 2.54. The van der Waals surface area contributed by atoms with Crippen molar-refractivity contribution in [2.24, 2.45) is 0 Å². The first kappa shape index (κ1) is 15.5. The van der Waals surface area contributed by atoms with E-state index in [9.17, 15) is 4.39 Å². The molecule has 0 fully saturated rings. The van der Waals surface area contributed by atoms with E-state index in [1.54, 1.807) is 24.3 Å². The zero-order valence-electron chi connectivity index (χ0n) is 11.7. The highest BCUT2D eigenvalue weighted by atomic mass is 35.5. The topological polar surface area (TPSA) is 49.8 Å². The molecule has 0 aliphatic carbocycles. The fourth-order valence-corrected chi connectivity index (χ4v) is 2.20. The van der Waals surface area contributed by atoms with Crippen molar-refractivity contribution >= 4 is 46.2 Å². The molecule has 0 saturated carbocycles. The summed E-state index contributed by atoms with van der Waals surface area (Å²) in [5.41, 5.74) is 1.48. The second-order valence-electron chi connectivity index (χ2n) is 4.67. The number of benzene rings is 2. The Balaban J connectivity index is 1.76. The van der Waals surface area contributed by atoms with Crippen molar-refractivity contribution in [1.82, 2.24) is 9.97 Å². The summed E-state index contributed by atoms with van der Waals surface area (Å²) >= 11 is 11.6. The van der Waals surface area contributed by atoms with E-state index in [1.807, 2.05) is 12.1 Å². The van der Waals surface area contributed by atoms with Gasteiger partial charge in [0.05, 0.1) is 5.02 Å². The van der Waals surface area contributed by atoms with Crippen LogP contribution in [0.15, 0.2) is 54.9 Å². The molecule has 0 atom stereocenters. The van der Waals surface area contributed by atoms with Crippen molar-refractivity contribution in [3.8, 4) is 0 Å². The summed E-state index contributed by atoms with van der Waals surface area (Å²) in [5.74, 6) is 0.696. The van der Waals surface area contributed by atoms with Gasteiger partial charge in [0, 0.05) is 22.5 Å².